The van der Waals surface area contributed by atoms with Crippen LogP contribution in [0.5, 0.6) is 0 Å². The molecule has 132 valence electrons. The van der Waals surface area contributed by atoms with Gasteiger partial charge < -0.3 is 14.4 Å². The number of thiophene rings is 1. The molecule has 1 aromatic heterocycles. The van der Waals surface area contributed by atoms with Crippen molar-refractivity contribution in [2.45, 2.75) is 19.1 Å². The number of likely N-dealkylation sites (tertiary alicyclic amines) is 1. The summed E-state index contributed by atoms with van der Waals surface area (Å²) in [7, 11) is 0. The van der Waals surface area contributed by atoms with Crippen molar-refractivity contribution in [2.75, 3.05) is 26.3 Å². The summed E-state index contributed by atoms with van der Waals surface area (Å²) < 4.78 is 12.3. The molecule has 1 amide bonds. The number of halogens is 1. The molecular weight excluding hydrogens is 358 g/mol. The SMILES string of the molecule is O=C(/C=C/c1sc2ccccc2c1Cl)N1CCC(C2OCCO2)CC1. The molecule has 0 radical (unpaired) electrons. The molecule has 2 saturated heterocycles. The fourth-order valence-corrected chi connectivity index (χ4v) is 4.83. The summed E-state index contributed by atoms with van der Waals surface area (Å²) in [5.74, 6) is 0.438. The second-order valence-corrected chi connectivity index (χ2v) is 7.84. The van der Waals surface area contributed by atoms with Crippen LogP contribution >= 0.6 is 22.9 Å². The maximum atomic E-state index is 12.5. The lowest BCUT2D eigenvalue weighted by molar-refractivity contribution is -0.131. The van der Waals surface area contributed by atoms with E-state index in [0.717, 1.165) is 45.9 Å². The Bertz CT molecular complexity index is 789. The summed E-state index contributed by atoms with van der Waals surface area (Å²) in [6, 6.07) is 8.02. The molecular formula is C19H20ClNO3S. The van der Waals surface area contributed by atoms with Gasteiger partial charge in [0.2, 0.25) is 5.91 Å². The number of hydrogen-bond acceptors (Lipinski definition) is 4. The summed E-state index contributed by atoms with van der Waals surface area (Å²) in [5.41, 5.74) is 0. The molecule has 2 aliphatic rings. The number of rotatable bonds is 3. The minimum absolute atomic E-state index is 0.0419. The van der Waals surface area contributed by atoms with E-state index in [1.807, 2.05) is 35.2 Å². The van der Waals surface area contributed by atoms with Gasteiger partial charge in [-0.15, -0.1) is 11.3 Å². The zero-order valence-electron chi connectivity index (χ0n) is 13.8. The molecule has 25 heavy (non-hydrogen) atoms. The normalized spacial score (nSPS) is 20.1. The number of hydrogen-bond donors (Lipinski definition) is 0. The minimum Gasteiger partial charge on any atom is -0.350 e. The molecule has 0 bridgehead atoms. The van der Waals surface area contributed by atoms with Crippen LogP contribution in [-0.2, 0) is 14.3 Å². The average molecular weight is 378 g/mol. The van der Waals surface area contributed by atoms with Gasteiger partial charge in [0, 0.05) is 40.0 Å². The van der Waals surface area contributed by atoms with Crippen molar-refractivity contribution < 1.29 is 14.3 Å². The van der Waals surface area contributed by atoms with E-state index < -0.39 is 0 Å². The van der Waals surface area contributed by atoms with E-state index in [9.17, 15) is 4.79 Å². The number of nitrogens with zero attached hydrogens (tertiary/aromatic N) is 1. The van der Waals surface area contributed by atoms with Gasteiger partial charge in [-0.1, -0.05) is 29.8 Å². The molecule has 2 aliphatic heterocycles. The number of benzene rings is 1. The fraction of sp³-hybridized carbons (Fsp3) is 0.421. The topological polar surface area (TPSA) is 38.8 Å². The molecule has 0 aliphatic carbocycles. The number of ether oxygens (including phenoxy) is 2. The lowest BCUT2D eigenvalue weighted by atomic mass is 9.96. The van der Waals surface area contributed by atoms with E-state index in [2.05, 4.69) is 0 Å². The molecule has 4 nitrogen and oxygen atoms in total. The number of piperidine rings is 1. The van der Waals surface area contributed by atoms with E-state index in [1.165, 1.54) is 0 Å². The second kappa shape index (κ2) is 7.46. The Morgan fingerprint density at radius 3 is 2.64 bits per heavy atom. The van der Waals surface area contributed by atoms with E-state index in [1.54, 1.807) is 17.4 Å². The average Bonchev–Trinajstić information content (AvgIpc) is 3.29. The van der Waals surface area contributed by atoms with Crippen LogP contribution in [0.2, 0.25) is 5.02 Å². The Labute approximate surface area is 156 Å². The predicted molar refractivity (Wildman–Crippen MR) is 101 cm³/mol. The summed E-state index contributed by atoms with van der Waals surface area (Å²) in [5, 5.41) is 1.76. The molecule has 1 aromatic carbocycles. The highest BCUT2D eigenvalue weighted by atomic mass is 35.5. The molecule has 0 unspecified atom stereocenters. The molecule has 0 spiro atoms. The van der Waals surface area contributed by atoms with Gasteiger partial charge in [0.25, 0.3) is 0 Å². The number of amides is 1. The summed E-state index contributed by atoms with van der Waals surface area (Å²) >= 11 is 8.03. The van der Waals surface area contributed by atoms with Crippen LogP contribution in [0, 0.1) is 5.92 Å². The monoisotopic (exact) mass is 377 g/mol. The largest absolute Gasteiger partial charge is 0.350 e. The van der Waals surface area contributed by atoms with Crippen LogP contribution in [0.1, 0.15) is 17.7 Å². The Morgan fingerprint density at radius 1 is 1.20 bits per heavy atom. The maximum Gasteiger partial charge on any atom is 0.246 e. The number of carbonyl (C=O) groups excluding carboxylic acids is 1. The van der Waals surface area contributed by atoms with Crippen molar-refractivity contribution in [3.8, 4) is 0 Å². The van der Waals surface area contributed by atoms with Gasteiger partial charge in [0.15, 0.2) is 6.29 Å². The lowest BCUT2D eigenvalue weighted by Crippen LogP contribution is -2.40. The van der Waals surface area contributed by atoms with Gasteiger partial charge in [-0.3, -0.25) is 4.79 Å². The molecule has 4 rings (SSSR count). The number of carbonyl (C=O) groups is 1. The molecule has 0 saturated carbocycles. The van der Waals surface area contributed by atoms with E-state index in [0.29, 0.717) is 19.1 Å². The van der Waals surface area contributed by atoms with Gasteiger partial charge >= 0.3 is 0 Å². The van der Waals surface area contributed by atoms with E-state index >= 15 is 0 Å². The fourth-order valence-electron chi connectivity index (χ4n) is 3.43. The van der Waals surface area contributed by atoms with E-state index in [-0.39, 0.29) is 12.2 Å². The van der Waals surface area contributed by atoms with Gasteiger partial charge in [-0.25, -0.2) is 0 Å². The molecule has 0 atom stereocenters. The number of fused-ring (bicyclic) bond motifs is 1. The molecule has 2 aromatic rings. The van der Waals surface area contributed by atoms with Crippen molar-refractivity contribution in [3.63, 3.8) is 0 Å². The van der Waals surface area contributed by atoms with Gasteiger partial charge in [0.1, 0.15) is 0 Å². The zero-order valence-corrected chi connectivity index (χ0v) is 15.4. The molecule has 3 heterocycles. The lowest BCUT2D eigenvalue weighted by Gasteiger charge is -2.33. The first-order chi connectivity index (χ1) is 12.2. The molecule has 0 N–H and O–H groups in total. The third-order valence-corrected chi connectivity index (χ3v) is 6.48. The van der Waals surface area contributed by atoms with Crippen molar-refractivity contribution in [1.29, 1.82) is 0 Å². The first-order valence-corrected chi connectivity index (χ1v) is 9.79. The Kier molecular flexibility index (Phi) is 5.08. The summed E-state index contributed by atoms with van der Waals surface area (Å²) in [6.45, 7) is 2.86. The van der Waals surface area contributed by atoms with Crippen LogP contribution < -0.4 is 0 Å². The predicted octanol–water partition coefficient (Wildman–Crippen LogP) is 4.18. The van der Waals surface area contributed by atoms with Crippen LogP contribution in [0.25, 0.3) is 16.2 Å². The van der Waals surface area contributed by atoms with Crippen molar-refractivity contribution in [3.05, 3.63) is 40.2 Å². The highest BCUT2D eigenvalue weighted by molar-refractivity contribution is 7.20. The van der Waals surface area contributed by atoms with Crippen LogP contribution in [0.3, 0.4) is 0 Å². The molecule has 2 fully saturated rings. The summed E-state index contributed by atoms with van der Waals surface area (Å²) in [4.78, 5) is 15.3. The van der Waals surface area contributed by atoms with Gasteiger partial charge in [-0.2, -0.15) is 0 Å². The van der Waals surface area contributed by atoms with Crippen molar-refractivity contribution in [2.24, 2.45) is 5.92 Å². The Balaban J connectivity index is 1.38. The standard InChI is InChI=1S/C19H20ClNO3S/c20-18-14-3-1-2-4-15(14)25-16(18)5-6-17(22)21-9-7-13(8-10-21)19-23-11-12-24-19/h1-6,13,19H,7-12H2/b6-5+. The third-order valence-electron chi connectivity index (χ3n) is 4.82. The maximum absolute atomic E-state index is 12.5. The van der Waals surface area contributed by atoms with Gasteiger partial charge in [0.05, 0.1) is 18.2 Å². The highest BCUT2D eigenvalue weighted by Gasteiger charge is 2.31. The first kappa shape index (κ1) is 17.0. The third kappa shape index (κ3) is 3.60. The van der Waals surface area contributed by atoms with Crippen LogP contribution in [-0.4, -0.2) is 43.4 Å². The van der Waals surface area contributed by atoms with E-state index in [4.69, 9.17) is 21.1 Å². The second-order valence-electron chi connectivity index (χ2n) is 6.38. The first-order valence-electron chi connectivity index (χ1n) is 8.59. The van der Waals surface area contributed by atoms with Gasteiger partial charge in [-0.05, 0) is 25.0 Å². The Hall–Kier alpha value is -1.40. The Morgan fingerprint density at radius 2 is 1.92 bits per heavy atom. The molecule has 6 heteroatoms. The zero-order chi connectivity index (χ0) is 17.2. The summed E-state index contributed by atoms with van der Waals surface area (Å²) in [6.07, 6.45) is 5.25. The van der Waals surface area contributed by atoms with Crippen molar-refractivity contribution >= 4 is 45.0 Å². The van der Waals surface area contributed by atoms with Crippen molar-refractivity contribution in [1.82, 2.24) is 4.90 Å². The smallest absolute Gasteiger partial charge is 0.246 e. The van der Waals surface area contributed by atoms with Crippen LogP contribution in [0.15, 0.2) is 30.3 Å². The highest BCUT2D eigenvalue weighted by Crippen LogP contribution is 2.36. The van der Waals surface area contributed by atoms with Crippen LogP contribution in [0.4, 0.5) is 0 Å². The minimum atomic E-state index is -0.0786. The quantitative estimate of drug-likeness (QED) is 0.753.